The molecule has 1 aromatic carbocycles. The van der Waals surface area contributed by atoms with Gasteiger partial charge in [-0.2, -0.15) is 0 Å². The van der Waals surface area contributed by atoms with E-state index in [0.29, 0.717) is 12.5 Å². The van der Waals surface area contributed by atoms with Gasteiger partial charge < -0.3 is 20.6 Å². The van der Waals surface area contributed by atoms with Gasteiger partial charge in [0.05, 0.1) is 6.10 Å². The van der Waals surface area contributed by atoms with Gasteiger partial charge in [0.15, 0.2) is 0 Å². The lowest BCUT2D eigenvalue weighted by molar-refractivity contribution is 0.0989. The van der Waals surface area contributed by atoms with E-state index in [2.05, 4.69) is 19.2 Å². The molecule has 0 aromatic heterocycles. The molecule has 0 saturated heterocycles. The molecule has 0 aliphatic rings. The molecule has 1 aromatic rings. The van der Waals surface area contributed by atoms with Crippen LogP contribution in [0.25, 0.3) is 0 Å². The van der Waals surface area contributed by atoms with Crippen molar-refractivity contribution in [2.24, 2.45) is 5.92 Å². The van der Waals surface area contributed by atoms with Crippen molar-refractivity contribution in [1.82, 2.24) is 5.32 Å². The zero-order valence-electron chi connectivity index (χ0n) is 11.9. The van der Waals surface area contributed by atoms with E-state index in [1.165, 1.54) is 6.07 Å². The first-order valence-corrected chi connectivity index (χ1v) is 6.92. The number of phenols is 2. The van der Waals surface area contributed by atoms with Gasteiger partial charge in [-0.05, 0) is 30.5 Å². The van der Waals surface area contributed by atoms with Crippen molar-refractivity contribution in [2.75, 3.05) is 6.54 Å². The Balaban J connectivity index is 2.57. The van der Waals surface area contributed by atoms with Crippen molar-refractivity contribution >= 4 is 0 Å². The minimum absolute atomic E-state index is 0.0398. The lowest BCUT2D eigenvalue weighted by atomic mass is 9.96. The van der Waals surface area contributed by atoms with E-state index in [9.17, 15) is 15.3 Å². The highest BCUT2D eigenvalue weighted by atomic mass is 16.3. The van der Waals surface area contributed by atoms with Gasteiger partial charge in [0, 0.05) is 18.7 Å². The number of hydrogen-bond acceptors (Lipinski definition) is 4. The standard InChI is InChI=1S/C15H25NO3/c1-4-11(5-2)15(19)9-16-10(3)12-6-13(17)8-14(18)7-12/h6-8,10-11,15-19H,4-5,9H2,1-3H3. The molecule has 2 atom stereocenters. The summed E-state index contributed by atoms with van der Waals surface area (Å²) in [5, 5.41) is 32.2. The van der Waals surface area contributed by atoms with Crippen molar-refractivity contribution in [2.45, 2.75) is 45.8 Å². The fourth-order valence-corrected chi connectivity index (χ4v) is 2.28. The zero-order valence-corrected chi connectivity index (χ0v) is 11.9. The summed E-state index contributed by atoms with van der Waals surface area (Å²) in [7, 11) is 0. The Hall–Kier alpha value is -1.26. The van der Waals surface area contributed by atoms with E-state index in [1.54, 1.807) is 12.1 Å². The van der Waals surface area contributed by atoms with Gasteiger partial charge in [-0.15, -0.1) is 0 Å². The molecule has 0 radical (unpaired) electrons. The topological polar surface area (TPSA) is 72.7 Å². The molecule has 19 heavy (non-hydrogen) atoms. The third-order valence-electron chi connectivity index (χ3n) is 3.65. The molecule has 0 aliphatic carbocycles. The van der Waals surface area contributed by atoms with Gasteiger partial charge in [0.25, 0.3) is 0 Å². The summed E-state index contributed by atoms with van der Waals surface area (Å²) in [6, 6.07) is 4.49. The zero-order chi connectivity index (χ0) is 14.4. The van der Waals surface area contributed by atoms with Crippen LogP contribution in [0.5, 0.6) is 11.5 Å². The van der Waals surface area contributed by atoms with Crippen LogP contribution in [0.4, 0.5) is 0 Å². The average molecular weight is 267 g/mol. The van der Waals surface area contributed by atoms with Crippen molar-refractivity contribution < 1.29 is 15.3 Å². The van der Waals surface area contributed by atoms with Crippen molar-refractivity contribution in [3.63, 3.8) is 0 Å². The van der Waals surface area contributed by atoms with E-state index < -0.39 is 0 Å². The first-order chi connectivity index (χ1) is 8.97. The summed E-state index contributed by atoms with van der Waals surface area (Å²) in [6.07, 6.45) is 1.55. The molecule has 0 fully saturated rings. The Morgan fingerprint density at radius 3 is 2.05 bits per heavy atom. The third-order valence-corrected chi connectivity index (χ3v) is 3.65. The summed E-state index contributed by atoms with van der Waals surface area (Å²) in [6.45, 7) is 6.60. The minimum atomic E-state index is -0.372. The highest BCUT2D eigenvalue weighted by Gasteiger charge is 2.16. The molecular weight excluding hydrogens is 242 g/mol. The summed E-state index contributed by atoms with van der Waals surface area (Å²) in [5.41, 5.74) is 0.800. The van der Waals surface area contributed by atoms with Crippen LogP contribution < -0.4 is 5.32 Å². The van der Waals surface area contributed by atoms with E-state index >= 15 is 0 Å². The fraction of sp³-hybridized carbons (Fsp3) is 0.600. The second-order valence-electron chi connectivity index (χ2n) is 5.06. The Morgan fingerprint density at radius 1 is 1.05 bits per heavy atom. The maximum atomic E-state index is 10.1. The number of aliphatic hydroxyl groups excluding tert-OH is 1. The SMILES string of the molecule is CCC(CC)C(O)CNC(C)c1cc(O)cc(O)c1. The summed E-state index contributed by atoms with van der Waals surface area (Å²) >= 11 is 0. The second kappa shape index (κ2) is 7.36. The molecule has 108 valence electrons. The molecule has 0 aliphatic heterocycles. The van der Waals surface area contributed by atoms with E-state index in [4.69, 9.17) is 0 Å². The number of benzene rings is 1. The Morgan fingerprint density at radius 2 is 1.58 bits per heavy atom. The van der Waals surface area contributed by atoms with E-state index in [0.717, 1.165) is 18.4 Å². The lowest BCUT2D eigenvalue weighted by Gasteiger charge is -2.23. The third kappa shape index (κ3) is 4.73. The molecular formula is C15H25NO3. The predicted molar refractivity (Wildman–Crippen MR) is 76.3 cm³/mol. The molecule has 4 N–H and O–H groups in total. The van der Waals surface area contributed by atoms with Crippen LogP contribution in [0.3, 0.4) is 0 Å². The van der Waals surface area contributed by atoms with Gasteiger partial charge >= 0.3 is 0 Å². The highest BCUT2D eigenvalue weighted by molar-refractivity contribution is 5.37. The van der Waals surface area contributed by atoms with Crippen LogP contribution >= 0.6 is 0 Å². The molecule has 2 unspecified atom stereocenters. The highest BCUT2D eigenvalue weighted by Crippen LogP contribution is 2.24. The first kappa shape index (κ1) is 15.8. The quantitative estimate of drug-likeness (QED) is 0.612. The number of nitrogens with one attached hydrogen (secondary N) is 1. The Bertz CT molecular complexity index is 371. The van der Waals surface area contributed by atoms with Gasteiger partial charge in [-0.3, -0.25) is 0 Å². The Labute approximate surface area is 115 Å². The molecule has 0 spiro atoms. The van der Waals surface area contributed by atoms with Crippen molar-refractivity contribution in [3.8, 4) is 11.5 Å². The molecule has 4 nitrogen and oxygen atoms in total. The van der Waals surface area contributed by atoms with Crippen LogP contribution in [-0.4, -0.2) is 28.0 Å². The van der Waals surface area contributed by atoms with Crippen molar-refractivity contribution in [3.05, 3.63) is 23.8 Å². The van der Waals surface area contributed by atoms with Gasteiger partial charge in [0.2, 0.25) is 0 Å². The second-order valence-corrected chi connectivity index (χ2v) is 5.06. The normalized spacial score (nSPS) is 14.6. The lowest BCUT2D eigenvalue weighted by Crippen LogP contribution is -2.33. The van der Waals surface area contributed by atoms with Gasteiger partial charge in [-0.1, -0.05) is 26.7 Å². The summed E-state index contributed by atoms with van der Waals surface area (Å²) in [5.74, 6) is 0.394. The molecule has 0 bridgehead atoms. The van der Waals surface area contributed by atoms with E-state index in [-0.39, 0.29) is 23.6 Å². The summed E-state index contributed by atoms with van der Waals surface area (Å²) in [4.78, 5) is 0. The van der Waals surface area contributed by atoms with Crippen LogP contribution in [0.2, 0.25) is 0 Å². The molecule has 0 amide bonds. The largest absolute Gasteiger partial charge is 0.508 e. The smallest absolute Gasteiger partial charge is 0.119 e. The van der Waals surface area contributed by atoms with Crippen LogP contribution in [0.15, 0.2) is 18.2 Å². The predicted octanol–water partition coefficient (Wildman–Crippen LogP) is 2.55. The average Bonchev–Trinajstić information content (AvgIpc) is 2.36. The van der Waals surface area contributed by atoms with Crippen molar-refractivity contribution in [1.29, 1.82) is 0 Å². The molecule has 4 heteroatoms. The molecule has 1 rings (SSSR count). The maximum absolute atomic E-state index is 10.1. The van der Waals surface area contributed by atoms with Crippen LogP contribution in [0.1, 0.15) is 45.2 Å². The minimum Gasteiger partial charge on any atom is -0.508 e. The fourth-order valence-electron chi connectivity index (χ4n) is 2.28. The molecule has 0 saturated carbocycles. The molecule has 0 heterocycles. The Kier molecular flexibility index (Phi) is 6.12. The number of phenolic OH excluding ortho intramolecular Hbond substituents is 2. The number of rotatable bonds is 7. The van der Waals surface area contributed by atoms with Crippen LogP contribution in [-0.2, 0) is 0 Å². The van der Waals surface area contributed by atoms with Gasteiger partial charge in [-0.25, -0.2) is 0 Å². The summed E-state index contributed by atoms with van der Waals surface area (Å²) < 4.78 is 0. The van der Waals surface area contributed by atoms with Gasteiger partial charge in [0.1, 0.15) is 11.5 Å². The monoisotopic (exact) mass is 267 g/mol. The first-order valence-electron chi connectivity index (χ1n) is 6.92. The number of aliphatic hydroxyl groups is 1. The van der Waals surface area contributed by atoms with E-state index in [1.807, 2.05) is 6.92 Å². The number of aromatic hydroxyl groups is 2. The maximum Gasteiger partial charge on any atom is 0.119 e. The van der Waals surface area contributed by atoms with Crippen LogP contribution in [0, 0.1) is 5.92 Å². The number of hydrogen-bond donors (Lipinski definition) is 4.